The third-order valence-corrected chi connectivity index (χ3v) is 8.30. The lowest BCUT2D eigenvalue weighted by Crippen LogP contribution is -2.49. The molecule has 146 valence electrons. The van der Waals surface area contributed by atoms with Gasteiger partial charge in [0.2, 0.25) is 8.32 Å². The van der Waals surface area contributed by atoms with Gasteiger partial charge in [0.25, 0.3) is 0 Å². The van der Waals surface area contributed by atoms with Crippen LogP contribution in [0.25, 0.3) is 0 Å². The van der Waals surface area contributed by atoms with E-state index in [0.29, 0.717) is 11.8 Å². The van der Waals surface area contributed by atoms with E-state index in [1.807, 2.05) is 0 Å². The molecular weight excluding hydrogens is 348 g/mol. The molecule has 0 spiro atoms. The van der Waals surface area contributed by atoms with Crippen molar-refractivity contribution in [1.29, 1.82) is 0 Å². The third-order valence-electron chi connectivity index (χ3n) is 7.47. The van der Waals surface area contributed by atoms with E-state index in [4.69, 9.17) is 9.16 Å². The molecule has 0 aromatic heterocycles. The van der Waals surface area contributed by atoms with E-state index in [9.17, 15) is 0 Å². The summed E-state index contributed by atoms with van der Waals surface area (Å²) in [6.07, 6.45) is 10.6. The van der Waals surface area contributed by atoms with Gasteiger partial charge in [-0.2, -0.15) is 0 Å². The van der Waals surface area contributed by atoms with Crippen LogP contribution in [0.2, 0.25) is 19.6 Å². The number of methoxy groups -OCH3 is 1. The van der Waals surface area contributed by atoms with Crippen molar-refractivity contribution < 1.29 is 9.16 Å². The molecule has 27 heavy (non-hydrogen) atoms. The van der Waals surface area contributed by atoms with E-state index in [0.717, 1.165) is 18.6 Å². The van der Waals surface area contributed by atoms with Crippen molar-refractivity contribution >= 4 is 8.32 Å². The molecule has 0 amide bonds. The van der Waals surface area contributed by atoms with Crippen LogP contribution in [-0.2, 0) is 10.8 Å². The molecular formula is C24H34O2Si. The maximum atomic E-state index is 6.59. The monoisotopic (exact) mass is 382 g/mol. The molecule has 0 saturated heterocycles. The predicted molar refractivity (Wildman–Crippen MR) is 115 cm³/mol. The maximum absolute atomic E-state index is 6.59. The standard InChI is InChI=1S/C24H34O2Si/c1-7-24-15-12-17-16-18(25-3)8-9-19(17)20(24)13-14-23(2)21(24)10-11-22(23)26-27(4,5)6/h7-9,11,16,20-21H,1,10,12-15H2,2-6H3/t20-,21-,23+,24-/m1/s1. The Morgan fingerprint density at radius 3 is 2.67 bits per heavy atom. The number of hydrogen-bond acceptors (Lipinski definition) is 2. The number of benzene rings is 1. The van der Waals surface area contributed by atoms with Crippen molar-refractivity contribution in [2.45, 2.75) is 64.6 Å². The molecule has 2 nitrogen and oxygen atoms in total. The van der Waals surface area contributed by atoms with Crippen LogP contribution >= 0.6 is 0 Å². The lowest BCUT2D eigenvalue weighted by atomic mass is 9.47. The molecule has 0 aliphatic heterocycles. The number of aryl methyl sites for hydroxylation is 1. The summed E-state index contributed by atoms with van der Waals surface area (Å²) in [7, 11) is 0.159. The van der Waals surface area contributed by atoms with Crippen LogP contribution in [0.4, 0.5) is 0 Å². The minimum absolute atomic E-state index is 0.162. The van der Waals surface area contributed by atoms with Gasteiger partial charge < -0.3 is 9.16 Å². The number of allylic oxidation sites excluding steroid dienone is 3. The zero-order valence-electron chi connectivity index (χ0n) is 17.6. The number of hydrogen-bond donors (Lipinski definition) is 0. The average molecular weight is 383 g/mol. The Morgan fingerprint density at radius 2 is 2.00 bits per heavy atom. The highest BCUT2D eigenvalue weighted by Gasteiger charge is 2.59. The summed E-state index contributed by atoms with van der Waals surface area (Å²) in [5, 5.41) is 0. The maximum Gasteiger partial charge on any atom is 0.241 e. The lowest BCUT2D eigenvalue weighted by molar-refractivity contribution is -0.000559. The molecule has 3 aliphatic rings. The first-order chi connectivity index (χ1) is 12.7. The second-order valence-corrected chi connectivity index (χ2v) is 14.4. The summed E-state index contributed by atoms with van der Waals surface area (Å²) in [4.78, 5) is 0. The molecule has 0 radical (unpaired) electrons. The molecule has 3 heteroatoms. The molecule has 0 bridgehead atoms. The third kappa shape index (κ3) is 2.81. The number of fused-ring (bicyclic) bond motifs is 5. The molecule has 1 saturated carbocycles. The molecule has 1 aromatic carbocycles. The van der Waals surface area contributed by atoms with Crippen LogP contribution in [0, 0.1) is 16.7 Å². The Balaban J connectivity index is 1.72. The Labute approximate surface area is 165 Å². The van der Waals surface area contributed by atoms with Crippen molar-refractivity contribution in [2.75, 3.05) is 7.11 Å². The predicted octanol–water partition coefficient (Wildman–Crippen LogP) is 6.45. The van der Waals surface area contributed by atoms with Gasteiger partial charge >= 0.3 is 0 Å². The Morgan fingerprint density at radius 1 is 1.22 bits per heavy atom. The Hall–Kier alpha value is -1.48. The highest BCUT2D eigenvalue weighted by atomic mass is 28.4. The fourth-order valence-electron chi connectivity index (χ4n) is 6.24. The first-order valence-electron chi connectivity index (χ1n) is 10.4. The molecule has 1 aromatic rings. The summed E-state index contributed by atoms with van der Waals surface area (Å²) >= 11 is 0. The topological polar surface area (TPSA) is 18.5 Å². The molecule has 0 unspecified atom stereocenters. The normalized spacial score (nSPS) is 34.8. The second kappa shape index (κ2) is 6.27. The van der Waals surface area contributed by atoms with Crippen LogP contribution in [0.3, 0.4) is 0 Å². The van der Waals surface area contributed by atoms with Crippen molar-refractivity contribution in [2.24, 2.45) is 16.7 Å². The first kappa shape index (κ1) is 18.9. The van der Waals surface area contributed by atoms with Crippen LogP contribution in [0.15, 0.2) is 42.7 Å². The van der Waals surface area contributed by atoms with Crippen molar-refractivity contribution in [1.82, 2.24) is 0 Å². The first-order valence-corrected chi connectivity index (χ1v) is 13.8. The van der Waals surface area contributed by atoms with E-state index < -0.39 is 8.32 Å². The molecule has 4 rings (SSSR count). The molecule has 3 aliphatic carbocycles. The average Bonchev–Trinajstić information content (AvgIpc) is 2.96. The van der Waals surface area contributed by atoms with Gasteiger partial charge in [0.05, 0.1) is 12.9 Å². The summed E-state index contributed by atoms with van der Waals surface area (Å²) in [6, 6.07) is 6.71. The summed E-state index contributed by atoms with van der Waals surface area (Å²) in [5.41, 5.74) is 3.35. The van der Waals surface area contributed by atoms with Gasteiger partial charge in [-0.3, -0.25) is 0 Å². The molecule has 0 N–H and O–H groups in total. The van der Waals surface area contributed by atoms with E-state index in [1.54, 1.807) is 7.11 Å². The van der Waals surface area contributed by atoms with Crippen LogP contribution in [0.5, 0.6) is 5.75 Å². The fourth-order valence-corrected chi connectivity index (χ4v) is 7.22. The molecule has 0 heterocycles. The van der Waals surface area contributed by atoms with Crippen LogP contribution < -0.4 is 4.74 Å². The molecule has 1 fully saturated rings. The second-order valence-electron chi connectivity index (χ2n) is 9.96. The number of ether oxygens (including phenoxy) is 1. The quantitative estimate of drug-likeness (QED) is 0.440. The highest BCUT2D eigenvalue weighted by Crippen LogP contribution is 2.67. The Kier molecular flexibility index (Phi) is 4.38. The highest BCUT2D eigenvalue weighted by molar-refractivity contribution is 6.70. The van der Waals surface area contributed by atoms with Crippen LogP contribution in [-0.4, -0.2) is 15.4 Å². The van der Waals surface area contributed by atoms with E-state index in [1.165, 1.54) is 36.1 Å². The van der Waals surface area contributed by atoms with Gasteiger partial charge in [-0.15, -0.1) is 6.58 Å². The Bertz CT molecular complexity index is 790. The van der Waals surface area contributed by atoms with Gasteiger partial charge in [0.1, 0.15) is 5.75 Å². The number of rotatable bonds is 4. The van der Waals surface area contributed by atoms with E-state index >= 15 is 0 Å². The SMILES string of the molecule is C=C[C@@]12CCc3cc(OC)ccc3[C@H]1CC[C@]1(C)C(O[Si](C)(C)C)=CC[C@@H]21. The zero-order chi connectivity index (χ0) is 19.4. The smallest absolute Gasteiger partial charge is 0.241 e. The minimum atomic E-state index is -1.60. The van der Waals surface area contributed by atoms with Gasteiger partial charge in [0.15, 0.2) is 0 Å². The van der Waals surface area contributed by atoms with Crippen molar-refractivity contribution in [3.8, 4) is 5.75 Å². The van der Waals surface area contributed by atoms with Gasteiger partial charge in [-0.05, 0) is 98.3 Å². The van der Waals surface area contributed by atoms with Crippen molar-refractivity contribution in [3.05, 3.63) is 53.8 Å². The van der Waals surface area contributed by atoms with Gasteiger partial charge in [-0.25, -0.2) is 0 Å². The van der Waals surface area contributed by atoms with E-state index in [-0.39, 0.29) is 10.8 Å². The summed E-state index contributed by atoms with van der Waals surface area (Å²) < 4.78 is 12.1. The molecule has 4 atom stereocenters. The lowest BCUT2D eigenvalue weighted by Gasteiger charge is -2.57. The van der Waals surface area contributed by atoms with Crippen LogP contribution in [0.1, 0.15) is 49.7 Å². The summed E-state index contributed by atoms with van der Waals surface area (Å²) in [5.74, 6) is 3.44. The van der Waals surface area contributed by atoms with Crippen molar-refractivity contribution in [3.63, 3.8) is 0 Å². The fraction of sp³-hybridized carbons (Fsp3) is 0.583. The van der Waals surface area contributed by atoms with E-state index in [2.05, 4.69) is 63.5 Å². The zero-order valence-corrected chi connectivity index (χ0v) is 18.6. The largest absolute Gasteiger partial charge is 0.547 e. The van der Waals surface area contributed by atoms with Gasteiger partial charge in [0, 0.05) is 5.41 Å². The minimum Gasteiger partial charge on any atom is -0.547 e. The summed E-state index contributed by atoms with van der Waals surface area (Å²) in [6.45, 7) is 13.7. The van der Waals surface area contributed by atoms with Gasteiger partial charge in [-0.1, -0.05) is 19.1 Å².